The Morgan fingerprint density at radius 2 is 1.89 bits per heavy atom. The molecule has 1 N–H and O–H groups in total. The predicted octanol–water partition coefficient (Wildman–Crippen LogP) is 4.37. The fraction of sp³-hybridized carbons (Fsp3) is 0.217. The average molecular weight is 391 g/mol. The van der Waals surface area contributed by atoms with Crippen LogP contribution >= 0.6 is 11.3 Å². The molecule has 1 atom stereocenters. The van der Waals surface area contributed by atoms with Crippen LogP contribution in [0.2, 0.25) is 0 Å². The Labute approximate surface area is 168 Å². The smallest absolute Gasteiger partial charge is 0.264 e. The normalized spacial score (nSPS) is 18.4. The number of benzene rings is 2. The van der Waals surface area contributed by atoms with Crippen molar-refractivity contribution in [3.05, 3.63) is 87.1 Å². The van der Waals surface area contributed by atoms with E-state index in [1.54, 1.807) is 29.2 Å². The van der Waals surface area contributed by atoms with Gasteiger partial charge in [-0.2, -0.15) is 0 Å². The fourth-order valence-electron chi connectivity index (χ4n) is 3.78. The fourth-order valence-corrected chi connectivity index (χ4v) is 4.45. The summed E-state index contributed by atoms with van der Waals surface area (Å²) in [5.41, 5.74) is 2.59. The minimum Gasteiger partial charge on any atom is -0.375 e. The second-order valence-corrected chi connectivity index (χ2v) is 8.22. The van der Waals surface area contributed by atoms with Crippen LogP contribution in [0.3, 0.4) is 0 Å². The van der Waals surface area contributed by atoms with Crippen LogP contribution < -0.4 is 4.90 Å². The van der Waals surface area contributed by atoms with Gasteiger partial charge in [0.2, 0.25) is 0 Å². The van der Waals surface area contributed by atoms with Gasteiger partial charge in [0.15, 0.2) is 11.4 Å². The van der Waals surface area contributed by atoms with Crippen molar-refractivity contribution < 1.29 is 14.7 Å². The van der Waals surface area contributed by atoms with E-state index in [0.717, 1.165) is 16.7 Å². The predicted molar refractivity (Wildman–Crippen MR) is 111 cm³/mol. The van der Waals surface area contributed by atoms with Crippen molar-refractivity contribution in [2.45, 2.75) is 32.4 Å². The first kappa shape index (κ1) is 18.6. The van der Waals surface area contributed by atoms with Gasteiger partial charge in [-0.25, -0.2) is 0 Å². The van der Waals surface area contributed by atoms with E-state index in [1.165, 1.54) is 11.3 Å². The van der Waals surface area contributed by atoms with Crippen LogP contribution in [0.15, 0.2) is 60.0 Å². The number of anilines is 1. The molecular formula is C23H21NO3S. The molecule has 0 saturated heterocycles. The van der Waals surface area contributed by atoms with Crippen molar-refractivity contribution >= 4 is 28.7 Å². The number of thiophene rings is 1. The van der Waals surface area contributed by atoms with Crippen LogP contribution in [0.25, 0.3) is 0 Å². The SMILES string of the molecule is Cc1ccc(CN2C(=O)C(O)(CC(=O)c3cccs3)c3ccccc32)c(C)c1. The summed E-state index contributed by atoms with van der Waals surface area (Å²) in [4.78, 5) is 28.1. The number of hydrogen-bond acceptors (Lipinski definition) is 4. The number of rotatable bonds is 5. The summed E-state index contributed by atoms with van der Waals surface area (Å²) in [6.07, 6.45) is -0.257. The Hall–Kier alpha value is -2.76. The molecule has 2 aromatic carbocycles. The molecular weight excluding hydrogens is 370 g/mol. The van der Waals surface area contributed by atoms with E-state index in [0.29, 0.717) is 22.7 Å². The molecule has 4 rings (SSSR count). The van der Waals surface area contributed by atoms with Gasteiger partial charge in [-0.05, 0) is 42.5 Å². The average Bonchev–Trinajstić information content (AvgIpc) is 3.27. The third kappa shape index (κ3) is 3.07. The molecule has 4 nitrogen and oxygen atoms in total. The molecule has 0 saturated carbocycles. The number of aryl methyl sites for hydroxylation is 2. The van der Waals surface area contributed by atoms with Gasteiger partial charge in [-0.1, -0.05) is 48.0 Å². The number of aliphatic hydroxyl groups is 1. The molecule has 1 amide bonds. The van der Waals surface area contributed by atoms with E-state index in [9.17, 15) is 14.7 Å². The lowest BCUT2D eigenvalue weighted by atomic mass is 9.89. The third-order valence-electron chi connectivity index (χ3n) is 5.28. The Kier molecular flexibility index (Phi) is 4.65. The summed E-state index contributed by atoms with van der Waals surface area (Å²) in [5, 5.41) is 13.1. The Bertz CT molecular complexity index is 1060. The highest BCUT2D eigenvalue weighted by atomic mass is 32.1. The lowest BCUT2D eigenvalue weighted by Gasteiger charge is -2.23. The first-order valence-corrected chi connectivity index (χ1v) is 10.0. The monoisotopic (exact) mass is 391 g/mol. The van der Waals surface area contributed by atoms with Crippen LogP contribution in [0.5, 0.6) is 0 Å². The van der Waals surface area contributed by atoms with Crippen molar-refractivity contribution in [1.29, 1.82) is 0 Å². The maximum absolute atomic E-state index is 13.3. The molecule has 0 spiro atoms. The maximum Gasteiger partial charge on any atom is 0.264 e. The number of ketones is 1. The molecule has 0 bridgehead atoms. The van der Waals surface area contributed by atoms with Gasteiger partial charge in [0.1, 0.15) is 0 Å². The number of para-hydroxylation sites is 1. The van der Waals surface area contributed by atoms with Gasteiger partial charge in [0.25, 0.3) is 5.91 Å². The van der Waals surface area contributed by atoms with E-state index in [4.69, 9.17) is 0 Å². The molecule has 28 heavy (non-hydrogen) atoms. The van der Waals surface area contributed by atoms with Gasteiger partial charge >= 0.3 is 0 Å². The summed E-state index contributed by atoms with van der Waals surface area (Å²) in [7, 11) is 0. The largest absolute Gasteiger partial charge is 0.375 e. The number of hydrogen-bond donors (Lipinski definition) is 1. The number of amides is 1. The van der Waals surface area contributed by atoms with Crippen LogP contribution in [0.1, 0.15) is 38.3 Å². The lowest BCUT2D eigenvalue weighted by Crippen LogP contribution is -2.41. The van der Waals surface area contributed by atoms with Crippen molar-refractivity contribution in [1.82, 2.24) is 0 Å². The molecule has 1 aliphatic heterocycles. The van der Waals surface area contributed by atoms with Crippen LogP contribution in [0.4, 0.5) is 5.69 Å². The number of carbonyl (C=O) groups excluding carboxylic acids is 2. The second-order valence-electron chi connectivity index (χ2n) is 7.28. The molecule has 0 fully saturated rings. The van der Waals surface area contributed by atoms with E-state index in [1.807, 2.05) is 43.5 Å². The zero-order valence-electron chi connectivity index (χ0n) is 15.8. The number of carbonyl (C=O) groups is 2. The minimum absolute atomic E-state index is 0.228. The first-order chi connectivity index (χ1) is 13.4. The summed E-state index contributed by atoms with van der Waals surface area (Å²) >= 11 is 1.32. The molecule has 142 valence electrons. The van der Waals surface area contributed by atoms with Gasteiger partial charge in [-0.15, -0.1) is 11.3 Å². The molecule has 1 aromatic heterocycles. The molecule has 2 heterocycles. The van der Waals surface area contributed by atoms with Crippen molar-refractivity contribution in [3.63, 3.8) is 0 Å². The molecule has 3 aromatic rings. The van der Waals surface area contributed by atoms with E-state index < -0.39 is 11.5 Å². The number of fused-ring (bicyclic) bond motifs is 1. The summed E-state index contributed by atoms with van der Waals surface area (Å²) in [6.45, 7) is 4.40. The van der Waals surface area contributed by atoms with Crippen molar-refractivity contribution in [2.75, 3.05) is 4.90 Å². The third-order valence-corrected chi connectivity index (χ3v) is 6.19. The second kappa shape index (κ2) is 7.00. The Balaban J connectivity index is 1.70. The van der Waals surface area contributed by atoms with Gasteiger partial charge in [0, 0.05) is 5.56 Å². The van der Waals surface area contributed by atoms with Gasteiger partial charge in [-0.3, -0.25) is 9.59 Å². The highest BCUT2D eigenvalue weighted by molar-refractivity contribution is 7.12. The van der Waals surface area contributed by atoms with Gasteiger partial charge in [0.05, 0.1) is 23.5 Å². The quantitative estimate of drug-likeness (QED) is 0.657. The number of Topliss-reactive ketones (excluding diaryl/α,β-unsaturated/α-hetero) is 1. The Morgan fingerprint density at radius 3 is 2.61 bits per heavy atom. The van der Waals surface area contributed by atoms with Crippen molar-refractivity contribution in [3.8, 4) is 0 Å². The zero-order chi connectivity index (χ0) is 19.9. The van der Waals surface area contributed by atoms with Crippen LogP contribution in [0, 0.1) is 13.8 Å². The highest BCUT2D eigenvalue weighted by Crippen LogP contribution is 2.43. The standard InChI is InChI=1S/C23H21NO3S/c1-15-9-10-17(16(2)12-15)14-24-19-7-4-3-6-18(19)23(27,22(24)26)13-20(25)21-8-5-11-28-21/h3-12,27H,13-14H2,1-2H3. The highest BCUT2D eigenvalue weighted by Gasteiger charge is 2.50. The molecule has 0 radical (unpaired) electrons. The molecule has 1 unspecified atom stereocenters. The van der Waals surface area contributed by atoms with E-state index >= 15 is 0 Å². The topological polar surface area (TPSA) is 57.6 Å². The molecule has 1 aliphatic rings. The van der Waals surface area contributed by atoms with Crippen molar-refractivity contribution in [2.24, 2.45) is 0 Å². The summed E-state index contributed by atoms with van der Waals surface area (Å²) in [6, 6.07) is 16.8. The zero-order valence-corrected chi connectivity index (χ0v) is 16.6. The van der Waals surface area contributed by atoms with Gasteiger partial charge < -0.3 is 10.0 Å². The van der Waals surface area contributed by atoms with Crippen LogP contribution in [-0.4, -0.2) is 16.8 Å². The molecule has 0 aliphatic carbocycles. The first-order valence-electron chi connectivity index (χ1n) is 9.17. The summed E-state index contributed by atoms with van der Waals surface area (Å²) in [5.74, 6) is -0.674. The maximum atomic E-state index is 13.3. The van der Waals surface area contributed by atoms with E-state index in [2.05, 4.69) is 6.07 Å². The Morgan fingerprint density at radius 1 is 1.11 bits per heavy atom. The minimum atomic E-state index is -1.84. The molecule has 5 heteroatoms. The number of nitrogens with zero attached hydrogens (tertiary/aromatic N) is 1. The summed E-state index contributed by atoms with van der Waals surface area (Å²) < 4.78 is 0. The van der Waals surface area contributed by atoms with Crippen LogP contribution in [-0.2, 0) is 16.9 Å². The van der Waals surface area contributed by atoms with E-state index in [-0.39, 0.29) is 12.2 Å². The lowest BCUT2D eigenvalue weighted by molar-refractivity contribution is -0.136.